The highest BCUT2D eigenvalue weighted by Crippen LogP contribution is 2.68. The van der Waals surface area contributed by atoms with E-state index in [2.05, 4.69) is 59.8 Å². The fourth-order valence-corrected chi connectivity index (χ4v) is 11.1. The van der Waals surface area contributed by atoms with Gasteiger partial charge in [0.1, 0.15) is 24.8 Å². The van der Waals surface area contributed by atoms with E-state index < -0.39 is 35.0 Å². The summed E-state index contributed by atoms with van der Waals surface area (Å²) >= 11 is 0. The van der Waals surface area contributed by atoms with E-state index >= 15 is 0 Å². The molecule has 5 aliphatic rings. The van der Waals surface area contributed by atoms with Crippen molar-refractivity contribution in [2.24, 2.45) is 45.7 Å². The molecule has 0 aromatic carbocycles. The third-order valence-corrected chi connectivity index (χ3v) is 14.9. The molecule has 0 spiro atoms. The summed E-state index contributed by atoms with van der Waals surface area (Å²) in [4.78, 5) is 71.1. The lowest BCUT2D eigenvalue weighted by molar-refractivity contribution is -0.198. The van der Waals surface area contributed by atoms with Crippen molar-refractivity contribution in [2.75, 3.05) is 31.1 Å². The fraction of sp³-hybridized carbons (Fsp3) is 0.769. The highest BCUT2D eigenvalue weighted by molar-refractivity contribution is 5.92. The fourth-order valence-electron chi connectivity index (χ4n) is 11.1. The van der Waals surface area contributed by atoms with E-state index in [9.17, 15) is 24.3 Å². The van der Waals surface area contributed by atoms with Crippen LogP contribution in [0.5, 0.6) is 0 Å². The molecule has 14 heteroatoms. The summed E-state index contributed by atoms with van der Waals surface area (Å²) in [6, 6.07) is 0.0967. The van der Waals surface area contributed by atoms with Crippen molar-refractivity contribution < 1.29 is 29.0 Å². The van der Waals surface area contributed by atoms with Crippen LogP contribution in [0.2, 0.25) is 0 Å². The summed E-state index contributed by atoms with van der Waals surface area (Å²) in [5.41, 5.74) is 5.90. The van der Waals surface area contributed by atoms with Crippen molar-refractivity contribution in [2.45, 2.75) is 124 Å². The van der Waals surface area contributed by atoms with Crippen LogP contribution in [0.4, 0.5) is 10.6 Å². The Labute approximate surface area is 312 Å². The number of alkyl carbamates (subject to hydrolysis) is 1. The first-order chi connectivity index (χ1) is 25.2. The van der Waals surface area contributed by atoms with Crippen LogP contribution in [0.25, 0.3) is 11.2 Å². The maximum Gasteiger partial charge on any atom is 0.414 e. The number of carbonyl (C=O) groups is 4. The molecule has 7 rings (SSSR count). The zero-order valence-electron chi connectivity index (χ0n) is 32.1. The molecule has 3 saturated carbocycles. The van der Waals surface area contributed by atoms with Crippen molar-refractivity contribution in [1.82, 2.24) is 29.7 Å². The Bertz CT molecular complexity index is 1740. The molecule has 9 atom stereocenters. The van der Waals surface area contributed by atoms with Gasteiger partial charge in [-0.05, 0) is 80.0 Å². The number of nitrogens with zero attached hydrogens (tertiary/aromatic N) is 6. The monoisotopic (exact) mass is 734 g/mol. The Morgan fingerprint density at radius 1 is 1.06 bits per heavy atom. The Kier molecular flexibility index (Phi) is 10.1. The van der Waals surface area contributed by atoms with Gasteiger partial charge in [0, 0.05) is 56.4 Å². The van der Waals surface area contributed by atoms with Gasteiger partial charge in [-0.2, -0.15) is 0 Å². The zero-order chi connectivity index (χ0) is 37.9. The zero-order valence-corrected chi connectivity index (χ0v) is 32.1. The lowest BCUT2D eigenvalue weighted by Crippen LogP contribution is -2.63. The minimum atomic E-state index is -0.795. The Morgan fingerprint density at radius 2 is 1.81 bits per heavy atom. The van der Waals surface area contributed by atoms with Crippen LogP contribution in [0.15, 0.2) is 12.7 Å². The lowest BCUT2D eigenvalue weighted by Gasteiger charge is -2.62. The van der Waals surface area contributed by atoms with E-state index in [1.165, 1.54) is 6.33 Å². The van der Waals surface area contributed by atoms with Crippen LogP contribution in [0, 0.1) is 39.9 Å². The third-order valence-electron chi connectivity index (χ3n) is 14.9. The number of imidazole rings is 1. The van der Waals surface area contributed by atoms with Gasteiger partial charge in [0.2, 0.25) is 11.8 Å². The van der Waals surface area contributed by atoms with Crippen molar-refractivity contribution >= 4 is 40.7 Å². The number of imide groups is 1. The number of piperidine rings is 1. The van der Waals surface area contributed by atoms with E-state index in [0.717, 1.165) is 38.0 Å². The maximum absolute atomic E-state index is 13.7. The van der Waals surface area contributed by atoms with Crippen molar-refractivity contribution in [3.63, 3.8) is 0 Å². The van der Waals surface area contributed by atoms with E-state index in [0.29, 0.717) is 62.9 Å². The number of nitrogens with one attached hydrogen (secondary N) is 1. The van der Waals surface area contributed by atoms with Gasteiger partial charge in [-0.3, -0.25) is 19.7 Å². The number of fused-ring (bicyclic) bond motifs is 1. The van der Waals surface area contributed by atoms with Crippen molar-refractivity contribution in [3.8, 4) is 0 Å². The molecule has 290 valence electrons. The van der Waals surface area contributed by atoms with Crippen molar-refractivity contribution in [1.29, 1.82) is 0 Å². The Morgan fingerprint density at radius 3 is 2.51 bits per heavy atom. The number of hydrogen-bond acceptors (Lipinski definition) is 11. The normalized spacial score (nSPS) is 36.2. The Balaban J connectivity index is 0.952. The summed E-state index contributed by atoms with van der Waals surface area (Å²) in [7, 11) is 0. The number of ketones is 1. The van der Waals surface area contributed by atoms with Gasteiger partial charge in [0.15, 0.2) is 17.0 Å². The van der Waals surface area contributed by atoms with Crippen LogP contribution in [0.1, 0.15) is 98.8 Å². The standard InChI is InChI=1S/C39H58N8O6/c1-6-37(4)18-28(38(5)23(2)7-12-39(24(3)33(37)51)13-8-27(48)32(38)39)53-36(52)44-29(49)17-25-9-14-45(15-10-25)30(50)20-47-22-43-31-34(41-21-42-35(31)47)46-16-11-26(40)19-46/h21-26,28,32-33,51H,6-20,40H2,1-5H3,(H,44,49,52)/t23?,24?,26?,28?,32?,33-,37+,38?,39?/m0/s1. The Hall–Kier alpha value is -3.65. The molecular formula is C39H58N8O6. The van der Waals surface area contributed by atoms with E-state index in [4.69, 9.17) is 10.5 Å². The number of aliphatic hydroxyl groups is 1. The van der Waals surface area contributed by atoms with Crippen LogP contribution in [0.3, 0.4) is 0 Å². The van der Waals surface area contributed by atoms with Gasteiger partial charge in [-0.15, -0.1) is 0 Å². The predicted octanol–water partition coefficient (Wildman–Crippen LogP) is 3.83. The number of Topliss-reactive ketones (excluding diaryl/α,β-unsaturated/α-hetero) is 1. The predicted molar refractivity (Wildman–Crippen MR) is 197 cm³/mol. The first-order valence-corrected chi connectivity index (χ1v) is 19.9. The van der Waals surface area contributed by atoms with Gasteiger partial charge >= 0.3 is 6.09 Å². The number of aliphatic hydroxyl groups excluding tert-OH is 1. The SMILES string of the molecule is CC[C@]1(C)CC(OC(=O)NC(=O)CC2CCN(C(=O)Cn3cnc4c(N5CCC(N)C5)ncnc43)CC2)C2(C)C(C)CCC3(CCC(=O)C32)C(C)[C@@H]1O. The number of amides is 3. The maximum atomic E-state index is 13.7. The molecule has 7 unspecified atom stereocenters. The average molecular weight is 735 g/mol. The minimum absolute atomic E-state index is 0.0112. The molecule has 3 amide bonds. The molecule has 2 aliphatic heterocycles. The van der Waals surface area contributed by atoms with E-state index in [-0.39, 0.29) is 59.8 Å². The number of nitrogens with two attached hydrogens (primary N) is 1. The molecule has 2 saturated heterocycles. The minimum Gasteiger partial charge on any atom is -0.445 e. The molecule has 4 N–H and O–H groups in total. The second-order valence-electron chi connectivity index (χ2n) is 17.6. The highest BCUT2D eigenvalue weighted by atomic mass is 16.6. The topological polar surface area (TPSA) is 186 Å². The van der Waals surface area contributed by atoms with Gasteiger partial charge in [-0.25, -0.2) is 19.7 Å². The molecule has 2 aromatic heterocycles. The van der Waals surface area contributed by atoms with E-state index in [1.54, 1.807) is 15.8 Å². The second kappa shape index (κ2) is 14.2. The summed E-state index contributed by atoms with van der Waals surface area (Å²) in [5.74, 6) is 0.256. The average Bonchev–Trinajstić information content (AvgIpc) is 3.86. The summed E-state index contributed by atoms with van der Waals surface area (Å²) in [6.07, 6.45) is 7.48. The summed E-state index contributed by atoms with van der Waals surface area (Å²) in [5, 5.41) is 14.3. The summed E-state index contributed by atoms with van der Waals surface area (Å²) in [6.45, 7) is 13.1. The van der Waals surface area contributed by atoms with Gasteiger partial charge in [-0.1, -0.05) is 34.6 Å². The molecule has 4 heterocycles. The number of likely N-dealkylation sites (tertiary alicyclic amines) is 1. The largest absolute Gasteiger partial charge is 0.445 e. The molecule has 53 heavy (non-hydrogen) atoms. The number of carbonyl (C=O) groups excluding carboxylic acids is 4. The number of hydrogen-bond donors (Lipinski definition) is 3. The molecule has 2 bridgehead atoms. The quantitative estimate of drug-likeness (QED) is 0.376. The second-order valence-corrected chi connectivity index (χ2v) is 17.6. The number of rotatable bonds is 7. The van der Waals surface area contributed by atoms with Crippen LogP contribution < -0.4 is 16.0 Å². The van der Waals surface area contributed by atoms with Gasteiger partial charge in [0.05, 0.1) is 12.4 Å². The lowest BCUT2D eigenvalue weighted by atomic mass is 9.43. The molecule has 3 aliphatic carbocycles. The summed E-state index contributed by atoms with van der Waals surface area (Å²) < 4.78 is 7.99. The van der Waals surface area contributed by atoms with Crippen LogP contribution in [-0.4, -0.2) is 97.6 Å². The third kappa shape index (κ3) is 6.51. The van der Waals surface area contributed by atoms with Gasteiger partial charge in [0.25, 0.3) is 0 Å². The van der Waals surface area contributed by atoms with Crippen molar-refractivity contribution in [3.05, 3.63) is 12.7 Å². The molecule has 14 nitrogen and oxygen atoms in total. The first kappa shape index (κ1) is 37.7. The number of anilines is 1. The van der Waals surface area contributed by atoms with Gasteiger partial charge < -0.3 is 29.9 Å². The number of ether oxygens (including phenoxy) is 1. The first-order valence-electron chi connectivity index (χ1n) is 19.9. The van der Waals surface area contributed by atoms with Crippen LogP contribution >= 0.6 is 0 Å². The smallest absolute Gasteiger partial charge is 0.414 e. The molecular weight excluding hydrogens is 676 g/mol. The van der Waals surface area contributed by atoms with E-state index in [1.807, 2.05) is 0 Å². The molecule has 2 aromatic rings. The highest BCUT2D eigenvalue weighted by Gasteiger charge is 2.68. The van der Waals surface area contributed by atoms with Crippen LogP contribution in [-0.2, 0) is 25.7 Å². The molecule has 0 radical (unpaired) electrons. The number of aromatic nitrogens is 4. The molecule has 5 fully saturated rings.